The summed E-state index contributed by atoms with van der Waals surface area (Å²) in [6.07, 6.45) is 0. The van der Waals surface area contributed by atoms with Gasteiger partial charge in [0.05, 0.1) is 6.61 Å². The number of pyridine rings is 1. The lowest BCUT2D eigenvalue weighted by atomic mass is 10.2. The first-order chi connectivity index (χ1) is 8.61. The van der Waals surface area contributed by atoms with Gasteiger partial charge < -0.3 is 10.0 Å². The zero-order chi connectivity index (χ0) is 13.1. The van der Waals surface area contributed by atoms with Crippen LogP contribution < -0.4 is 4.90 Å². The number of aliphatic hydroxyl groups excluding tert-OH is 1. The van der Waals surface area contributed by atoms with Gasteiger partial charge in [-0.15, -0.1) is 0 Å². The highest BCUT2D eigenvalue weighted by atomic mass is 16.3. The van der Waals surface area contributed by atoms with Crippen LogP contribution in [0, 0.1) is 13.8 Å². The molecule has 0 aliphatic rings. The van der Waals surface area contributed by atoms with Crippen molar-refractivity contribution in [3.05, 3.63) is 53.2 Å². The summed E-state index contributed by atoms with van der Waals surface area (Å²) in [6, 6.07) is 12.2. The van der Waals surface area contributed by atoms with Crippen LogP contribution in [0.4, 0.5) is 11.5 Å². The smallest absolute Gasteiger partial charge is 0.132 e. The summed E-state index contributed by atoms with van der Waals surface area (Å²) in [4.78, 5) is 6.54. The van der Waals surface area contributed by atoms with E-state index in [-0.39, 0.29) is 6.61 Å². The Morgan fingerprint density at radius 3 is 2.28 bits per heavy atom. The number of aliphatic hydroxyl groups is 1. The van der Waals surface area contributed by atoms with E-state index in [4.69, 9.17) is 5.11 Å². The van der Waals surface area contributed by atoms with Crippen LogP contribution in [-0.2, 0) is 6.61 Å². The van der Waals surface area contributed by atoms with Crippen LogP contribution in [0.1, 0.15) is 16.8 Å². The number of hydrogen-bond donors (Lipinski definition) is 1. The van der Waals surface area contributed by atoms with Gasteiger partial charge in [0, 0.05) is 18.4 Å². The van der Waals surface area contributed by atoms with Gasteiger partial charge in [-0.25, -0.2) is 4.98 Å². The summed E-state index contributed by atoms with van der Waals surface area (Å²) in [5, 5.41) is 9.14. The first-order valence-electron chi connectivity index (χ1n) is 5.99. The molecule has 0 amide bonds. The minimum Gasteiger partial charge on any atom is -0.392 e. The lowest BCUT2D eigenvalue weighted by Gasteiger charge is -2.19. The predicted molar refractivity (Wildman–Crippen MR) is 74.1 cm³/mol. The molecule has 0 spiro atoms. The molecule has 1 aromatic carbocycles. The van der Waals surface area contributed by atoms with Gasteiger partial charge in [-0.3, -0.25) is 0 Å². The zero-order valence-corrected chi connectivity index (χ0v) is 11.0. The van der Waals surface area contributed by atoms with Crippen molar-refractivity contribution >= 4 is 11.5 Å². The summed E-state index contributed by atoms with van der Waals surface area (Å²) in [6.45, 7) is 4.02. The fraction of sp³-hybridized carbons (Fsp3) is 0.267. The fourth-order valence-corrected chi connectivity index (χ4v) is 1.83. The summed E-state index contributed by atoms with van der Waals surface area (Å²) in [7, 11) is 1.99. The maximum atomic E-state index is 9.14. The van der Waals surface area contributed by atoms with E-state index < -0.39 is 0 Å². The molecule has 1 heterocycles. The van der Waals surface area contributed by atoms with Gasteiger partial charge in [0.25, 0.3) is 0 Å². The van der Waals surface area contributed by atoms with Crippen molar-refractivity contribution in [1.29, 1.82) is 0 Å². The van der Waals surface area contributed by atoms with Crippen LogP contribution in [0.5, 0.6) is 0 Å². The van der Waals surface area contributed by atoms with Gasteiger partial charge in [-0.2, -0.15) is 0 Å². The van der Waals surface area contributed by atoms with Gasteiger partial charge in [0.1, 0.15) is 5.82 Å². The Morgan fingerprint density at radius 2 is 1.72 bits per heavy atom. The Kier molecular flexibility index (Phi) is 3.63. The van der Waals surface area contributed by atoms with Crippen LogP contribution in [-0.4, -0.2) is 17.1 Å². The van der Waals surface area contributed by atoms with Crippen LogP contribution in [0.2, 0.25) is 0 Å². The van der Waals surface area contributed by atoms with E-state index in [2.05, 4.69) is 36.2 Å². The maximum Gasteiger partial charge on any atom is 0.132 e. The van der Waals surface area contributed by atoms with E-state index in [1.54, 1.807) is 0 Å². The second kappa shape index (κ2) is 5.19. The van der Waals surface area contributed by atoms with Crippen LogP contribution in [0.25, 0.3) is 0 Å². The van der Waals surface area contributed by atoms with E-state index in [0.717, 1.165) is 22.8 Å². The molecule has 0 fully saturated rings. The molecule has 0 unspecified atom stereocenters. The molecule has 18 heavy (non-hydrogen) atoms. The molecule has 2 rings (SSSR count). The van der Waals surface area contributed by atoms with Crippen LogP contribution >= 0.6 is 0 Å². The third-order valence-electron chi connectivity index (χ3n) is 3.12. The molecule has 0 radical (unpaired) electrons. The first kappa shape index (κ1) is 12.6. The van der Waals surface area contributed by atoms with E-state index in [0.29, 0.717) is 0 Å². The molecule has 2 aromatic rings. The fourth-order valence-electron chi connectivity index (χ4n) is 1.83. The van der Waals surface area contributed by atoms with Gasteiger partial charge in [-0.05, 0) is 37.6 Å². The van der Waals surface area contributed by atoms with Crippen molar-refractivity contribution in [2.24, 2.45) is 0 Å². The van der Waals surface area contributed by atoms with E-state index in [9.17, 15) is 0 Å². The Morgan fingerprint density at radius 1 is 1.06 bits per heavy atom. The summed E-state index contributed by atoms with van der Waals surface area (Å²) in [5.41, 5.74) is 4.08. The summed E-state index contributed by atoms with van der Waals surface area (Å²) >= 11 is 0. The maximum absolute atomic E-state index is 9.14. The number of aromatic nitrogens is 1. The Bertz CT molecular complexity index is 535. The SMILES string of the molecule is Cc1ccc(N(C)c2ccc(CO)c(C)n2)cc1. The highest BCUT2D eigenvalue weighted by molar-refractivity contribution is 5.59. The predicted octanol–water partition coefficient (Wildman–Crippen LogP) is 2.96. The molecule has 0 aliphatic heterocycles. The number of nitrogens with zero attached hydrogens (tertiary/aromatic N) is 2. The molecule has 94 valence electrons. The molecular formula is C15H18N2O. The van der Waals surface area contributed by atoms with Crippen molar-refractivity contribution in [3.8, 4) is 0 Å². The monoisotopic (exact) mass is 242 g/mol. The quantitative estimate of drug-likeness (QED) is 0.899. The first-order valence-corrected chi connectivity index (χ1v) is 5.99. The topological polar surface area (TPSA) is 36.4 Å². The molecule has 0 bridgehead atoms. The molecule has 0 saturated carbocycles. The molecule has 0 atom stereocenters. The van der Waals surface area contributed by atoms with Crippen LogP contribution in [0.15, 0.2) is 36.4 Å². The second-order valence-electron chi connectivity index (χ2n) is 4.47. The van der Waals surface area contributed by atoms with Crippen molar-refractivity contribution in [1.82, 2.24) is 4.98 Å². The second-order valence-corrected chi connectivity index (χ2v) is 4.47. The lowest BCUT2D eigenvalue weighted by molar-refractivity contribution is 0.280. The molecule has 1 N–H and O–H groups in total. The zero-order valence-electron chi connectivity index (χ0n) is 11.0. The van der Waals surface area contributed by atoms with E-state index >= 15 is 0 Å². The number of anilines is 2. The Hall–Kier alpha value is -1.87. The molecule has 0 saturated heterocycles. The highest BCUT2D eigenvalue weighted by Gasteiger charge is 2.07. The summed E-state index contributed by atoms with van der Waals surface area (Å²) in [5.74, 6) is 0.883. The molecular weight excluding hydrogens is 224 g/mol. The number of rotatable bonds is 3. The molecule has 0 aliphatic carbocycles. The minimum atomic E-state index is 0.0351. The Labute approximate surface area is 108 Å². The normalized spacial score (nSPS) is 10.4. The van der Waals surface area contributed by atoms with Crippen molar-refractivity contribution in [2.75, 3.05) is 11.9 Å². The highest BCUT2D eigenvalue weighted by Crippen LogP contribution is 2.23. The van der Waals surface area contributed by atoms with Crippen molar-refractivity contribution in [3.63, 3.8) is 0 Å². The standard InChI is InChI=1S/C15H18N2O/c1-11-4-7-14(8-5-11)17(3)15-9-6-13(10-18)12(2)16-15/h4-9,18H,10H2,1-3H3. The lowest BCUT2D eigenvalue weighted by Crippen LogP contribution is -2.12. The molecule has 3 heteroatoms. The summed E-state index contributed by atoms with van der Waals surface area (Å²) < 4.78 is 0. The van der Waals surface area contributed by atoms with Gasteiger partial charge in [0.15, 0.2) is 0 Å². The third-order valence-corrected chi connectivity index (χ3v) is 3.12. The van der Waals surface area contributed by atoms with Crippen molar-refractivity contribution < 1.29 is 5.11 Å². The minimum absolute atomic E-state index is 0.0351. The van der Waals surface area contributed by atoms with E-state index in [1.807, 2.05) is 31.0 Å². The third kappa shape index (κ3) is 2.51. The van der Waals surface area contributed by atoms with Gasteiger partial charge in [0.2, 0.25) is 0 Å². The van der Waals surface area contributed by atoms with Gasteiger partial charge in [-0.1, -0.05) is 23.8 Å². The Balaban J connectivity index is 2.31. The number of aryl methyl sites for hydroxylation is 2. The largest absolute Gasteiger partial charge is 0.392 e. The molecule has 1 aromatic heterocycles. The molecule has 3 nitrogen and oxygen atoms in total. The van der Waals surface area contributed by atoms with Crippen LogP contribution in [0.3, 0.4) is 0 Å². The van der Waals surface area contributed by atoms with E-state index in [1.165, 1.54) is 5.56 Å². The number of hydrogen-bond acceptors (Lipinski definition) is 3. The number of benzene rings is 1. The average molecular weight is 242 g/mol. The van der Waals surface area contributed by atoms with Crippen molar-refractivity contribution in [2.45, 2.75) is 20.5 Å². The average Bonchev–Trinajstić information content (AvgIpc) is 2.38. The van der Waals surface area contributed by atoms with Gasteiger partial charge >= 0.3 is 0 Å².